The minimum atomic E-state index is -2.06. The van der Waals surface area contributed by atoms with Crippen LogP contribution in [0.1, 0.15) is 71.3 Å². The van der Waals surface area contributed by atoms with Gasteiger partial charge < -0.3 is 0 Å². The van der Waals surface area contributed by atoms with E-state index in [1.807, 2.05) is 0 Å². The average molecular weight is 465 g/mol. The Morgan fingerprint density at radius 2 is 1.42 bits per heavy atom. The molecule has 1 aromatic rings. The number of hydrogen-bond donors (Lipinski definition) is 1. The van der Waals surface area contributed by atoms with Crippen LogP contribution in [0.3, 0.4) is 0 Å². The van der Waals surface area contributed by atoms with Gasteiger partial charge in [-0.2, -0.15) is 0 Å². The second kappa shape index (κ2) is 14.7. The number of aliphatic hydroxyl groups excluding tert-OH is 1. The Morgan fingerprint density at radius 3 is 1.92 bits per heavy atom. The summed E-state index contributed by atoms with van der Waals surface area (Å²) >= 11 is -2.06. The van der Waals surface area contributed by atoms with Crippen LogP contribution >= 0.6 is 0 Å². The Morgan fingerprint density at radius 1 is 0.885 bits per heavy atom. The molecule has 0 bridgehead atoms. The van der Waals surface area contributed by atoms with Gasteiger partial charge in [0.1, 0.15) is 0 Å². The first kappa shape index (κ1) is 23.8. The van der Waals surface area contributed by atoms with Crippen LogP contribution in [0.2, 0.25) is 17.7 Å². The van der Waals surface area contributed by atoms with Crippen LogP contribution in [-0.4, -0.2) is 29.6 Å². The Labute approximate surface area is 167 Å². The van der Waals surface area contributed by atoms with Gasteiger partial charge in [-0.05, 0) is 0 Å². The summed E-state index contributed by atoms with van der Waals surface area (Å²) in [4.78, 5) is 0. The number of aryl methyl sites for hydroxylation is 1. The van der Waals surface area contributed by atoms with Gasteiger partial charge in [0.25, 0.3) is 0 Å². The van der Waals surface area contributed by atoms with E-state index in [0.29, 0.717) is 0 Å². The van der Waals surface area contributed by atoms with Crippen LogP contribution in [-0.2, 0) is 6.42 Å². The summed E-state index contributed by atoms with van der Waals surface area (Å²) in [6, 6.07) is 10.5. The summed E-state index contributed by atoms with van der Waals surface area (Å²) in [6.45, 7) is 7.00. The van der Waals surface area contributed by atoms with Crippen LogP contribution in [0.25, 0.3) is 0 Å². The third kappa shape index (κ3) is 10.2. The zero-order valence-electron chi connectivity index (χ0n) is 17.6. The van der Waals surface area contributed by atoms with Gasteiger partial charge in [-0.25, -0.2) is 0 Å². The van der Waals surface area contributed by atoms with E-state index in [1.54, 1.807) is 13.3 Å². The second-order valence-electron chi connectivity index (χ2n) is 8.03. The topological polar surface area (TPSA) is 20.2 Å². The fraction of sp³-hybridized carbons (Fsp3) is 0.667. The van der Waals surface area contributed by atoms with Crippen molar-refractivity contribution in [1.82, 2.24) is 0 Å². The Balaban J connectivity index is 2.58. The van der Waals surface area contributed by atoms with Crippen molar-refractivity contribution in [3.05, 3.63) is 48.0 Å². The normalized spacial score (nSPS) is 13.4. The van der Waals surface area contributed by atoms with Crippen molar-refractivity contribution < 1.29 is 5.11 Å². The molecule has 0 aliphatic carbocycles. The zero-order chi connectivity index (χ0) is 19.1. The van der Waals surface area contributed by atoms with Crippen molar-refractivity contribution in [2.45, 2.75) is 96.0 Å². The molecule has 1 aromatic carbocycles. The number of rotatable bonds is 15. The predicted octanol–water partition coefficient (Wildman–Crippen LogP) is 7.39. The fourth-order valence-corrected chi connectivity index (χ4v) is 19.0. The molecule has 0 aliphatic heterocycles. The molecular formula is C24H42OSn. The van der Waals surface area contributed by atoms with Gasteiger partial charge in [0.05, 0.1) is 0 Å². The van der Waals surface area contributed by atoms with E-state index in [0.717, 1.165) is 12.8 Å². The first-order chi connectivity index (χ1) is 12.7. The van der Waals surface area contributed by atoms with Crippen LogP contribution < -0.4 is 0 Å². The monoisotopic (exact) mass is 466 g/mol. The standard InChI is InChI=1S/C12H15O.3C4H9.Sn/c1-2-6-12(13)10-9-11-7-4-3-5-8-11;3*1-3-4-2;/h2-8,12-13H,1,9-10H2;3*1,3-4H2,2H3;/b6-2-;;;;. The molecule has 0 radical (unpaired) electrons. The van der Waals surface area contributed by atoms with E-state index < -0.39 is 18.4 Å². The van der Waals surface area contributed by atoms with Gasteiger partial charge in [0.2, 0.25) is 0 Å². The van der Waals surface area contributed by atoms with Crippen LogP contribution in [0.15, 0.2) is 42.5 Å². The number of unbranched alkanes of at least 4 members (excludes halogenated alkanes) is 3. The summed E-state index contributed by atoms with van der Waals surface area (Å²) in [7, 11) is 0. The Bertz CT molecular complexity index is 447. The molecule has 1 atom stereocenters. The van der Waals surface area contributed by atoms with E-state index in [9.17, 15) is 5.11 Å². The Kier molecular flexibility index (Phi) is 13.5. The van der Waals surface area contributed by atoms with E-state index >= 15 is 0 Å². The molecular weight excluding hydrogens is 423 g/mol. The first-order valence-electron chi connectivity index (χ1n) is 11.0. The molecule has 2 heteroatoms. The molecule has 0 fully saturated rings. The molecule has 0 aromatic heterocycles. The Hall–Kier alpha value is -0.281. The van der Waals surface area contributed by atoms with Gasteiger partial charge in [0, 0.05) is 0 Å². The molecule has 1 unspecified atom stereocenters. The van der Waals surface area contributed by atoms with Gasteiger partial charge >= 0.3 is 168 Å². The van der Waals surface area contributed by atoms with Crippen molar-refractivity contribution in [1.29, 1.82) is 0 Å². The summed E-state index contributed by atoms with van der Waals surface area (Å²) in [5.74, 6) is 0. The van der Waals surface area contributed by atoms with Gasteiger partial charge in [0.15, 0.2) is 0 Å². The molecule has 1 nitrogen and oxygen atoms in total. The quantitative estimate of drug-likeness (QED) is 0.212. The third-order valence-corrected chi connectivity index (χ3v) is 20.9. The van der Waals surface area contributed by atoms with Crippen molar-refractivity contribution in [3.8, 4) is 0 Å². The predicted molar refractivity (Wildman–Crippen MR) is 120 cm³/mol. The van der Waals surface area contributed by atoms with Crippen molar-refractivity contribution in [3.63, 3.8) is 0 Å². The van der Waals surface area contributed by atoms with Crippen molar-refractivity contribution >= 4 is 18.4 Å². The summed E-state index contributed by atoms with van der Waals surface area (Å²) in [5.41, 5.74) is 1.32. The number of benzene rings is 1. The summed E-state index contributed by atoms with van der Waals surface area (Å²) in [5, 5.41) is 10.4. The maximum atomic E-state index is 10.4. The minimum absolute atomic E-state index is 0.289. The molecule has 0 saturated heterocycles. The van der Waals surface area contributed by atoms with Crippen LogP contribution in [0.5, 0.6) is 0 Å². The zero-order valence-corrected chi connectivity index (χ0v) is 20.4. The van der Waals surface area contributed by atoms with E-state index in [4.69, 9.17) is 0 Å². The number of hydrogen-bond acceptors (Lipinski definition) is 1. The van der Waals surface area contributed by atoms with E-state index in [2.05, 4.69) is 63.3 Å². The number of aliphatic hydroxyl groups is 1. The van der Waals surface area contributed by atoms with Crippen LogP contribution in [0, 0.1) is 0 Å². The van der Waals surface area contributed by atoms with Gasteiger partial charge in [-0.1, -0.05) is 0 Å². The molecule has 0 saturated carbocycles. The molecule has 1 N–H and O–H groups in total. The molecule has 0 amide bonds. The van der Waals surface area contributed by atoms with E-state index in [-0.39, 0.29) is 6.10 Å². The molecule has 1 rings (SSSR count). The molecule has 0 spiro atoms. The maximum absolute atomic E-state index is 10.4. The second-order valence-corrected chi connectivity index (χ2v) is 22.0. The third-order valence-electron chi connectivity index (χ3n) is 5.66. The fourth-order valence-electron chi connectivity index (χ4n) is 3.87. The van der Waals surface area contributed by atoms with Crippen LogP contribution in [0.4, 0.5) is 0 Å². The van der Waals surface area contributed by atoms with Gasteiger partial charge in [-0.15, -0.1) is 0 Å². The molecule has 148 valence electrons. The van der Waals surface area contributed by atoms with Gasteiger partial charge in [-0.3, -0.25) is 0 Å². The first-order valence-corrected chi connectivity index (χ1v) is 19.1. The summed E-state index contributed by atoms with van der Waals surface area (Å²) < 4.78 is 6.00. The molecule has 0 heterocycles. The molecule has 26 heavy (non-hydrogen) atoms. The van der Waals surface area contributed by atoms with Crippen molar-refractivity contribution in [2.24, 2.45) is 0 Å². The molecule has 0 aliphatic rings. The van der Waals surface area contributed by atoms with Crippen molar-refractivity contribution in [2.75, 3.05) is 0 Å². The summed E-state index contributed by atoms with van der Waals surface area (Å²) in [6.07, 6.45) is 14.3. The van der Waals surface area contributed by atoms with E-state index in [1.165, 1.54) is 48.5 Å². The SMILES string of the molecule is CCC[CH2][Sn]([CH2]/C=C\C(O)CCc1ccccc1)([CH2]CCC)[CH2]CCC. The average Bonchev–Trinajstić information content (AvgIpc) is 2.68. The number of allylic oxidation sites excluding steroid dienone is 1.